The Morgan fingerprint density at radius 1 is 1.18 bits per heavy atom. The molecule has 1 aliphatic rings. The highest BCUT2D eigenvalue weighted by atomic mass is 32.2. The molecule has 0 unspecified atom stereocenters. The van der Waals surface area contributed by atoms with Crippen molar-refractivity contribution in [1.82, 2.24) is 19.3 Å². The third-order valence-corrected chi connectivity index (χ3v) is 7.47. The van der Waals surface area contributed by atoms with Crippen LogP contribution in [0.25, 0.3) is 22.2 Å². The number of benzene rings is 1. The minimum atomic E-state index is -5.33. The maximum atomic E-state index is 13.3. The first-order chi connectivity index (χ1) is 16.0. The Hall–Kier alpha value is -2.96. The largest absolute Gasteiger partial charge is 0.492 e. The summed E-state index contributed by atoms with van der Waals surface area (Å²) in [7, 11) is -2.74. The Morgan fingerprint density at radius 2 is 1.82 bits per heavy atom. The Kier molecular flexibility index (Phi) is 6.40. The number of aryl methyl sites for hydroxylation is 1. The van der Waals surface area contributed by atoms with E-state index in [0.29, 0.717) is 24.3 Å². The van der Waals surface area contributed by atoms with E-state index in [-0.39, 0.29) is 22.2 Å². The first-order valence-electron chi connectivity index (χ1n) is 10.5. The summed E-state index contributed by atoms with van der Waals surface area (Å²) in [5, 5.41) is 0.850. The number of piperidine rings is 1. The molecule has 0 bridgehead atoms. The van der Waals surface area contributed by atoms with Crippen molar-refractivity contribution in [2.24, 2.45) is 0 Å². The lowest BCUT2D eigenvalue weighted by molar-refractivity contribution is -0.228. The first kappa shape index (κ1) is 24.2. The fourth-order valence-corrected chi connectivity index (χ4v) is 5.44. The van der Waals surface area contributed by atoms with Crippen molar-refractivity contribution in [2.75, 3.05) is 20.1 Å². The van der Waals surface area contributed by atoms with Gasteiger partial charge >= 0.3 is 12.1 Å². The maximum absolute atomic E-state index is 13.3. The summed E-state index contributed by atoms with van der Waals surface area (Å²) in [5.41, 5.74) is 3.10. The number of aromatic nitrogens is 2. The summed E-state index contributed by atoms with van der Waals surface area (Å²) in [6.45, 7) is 2.79. The van der Waals surface area contributed by atoms with Gasteiger partial charge in [-0.05, 0) is 79.8 Å². The van der Waals surface area contributed by atoms with Crippen LogP contribution in [0.15, 0.2) is 47.5 Å². The van der Waals surface area contributed by atoms with Crippen molar-refractivity contribution < 1.29 is 31.2 Å². The van der Waals surface area contributed by atoms with E-state index in [2.05, 4.69) is 14.8 Å². The zero-order valence-electron chi connectivity index (χ0n) is 18.5. The first-order valence-corrected chi connectivity index (χ1v) is 12.0. The Balaban J connectivity index is 1.67. The molecule has 0 aliphatic carbocycles. The average Bonchev–Trinajstić information content (AvgIpc) is 3.17. The number of alkyl halides is 3. The molecule has 0 atom stereocenters. The van der Waals surface area contributed by atoms with Gasteiger partial charge in [0.05, 0.1) is 10.9 Å². The summed E-state index contributed by atoms with van der Waals surface area (Å²) in [4.78, 5) is 25.0. The number of carbonyl (C=O) groups is 1. The quantitative estimate of drug-likeness (QED) is 0.542. The summed E-state index contributed by atoms with van der Waals surface area (Å²) in [5.74, 6) is -2.58. The van der Waals surface area contributed by atoms with E-state index in [1.807, 2.05) is 24.9 Å². The molecular formula is C22H23F3N4O4S. The Morgan fingerprint density at radius 3 is 2.44 bits per heavy atom. The van der Waals surface area contributed by atoms with Crippen LogP contribution in [0.5, 0.6) is 0 Å². The van der Waals surface area contributed by atoms with Crippen molar-refractivity contribution in [3.63, 3.8) is 0 Å². The van der Waals surface area contributed by atoms with E-state index in [1.165, 1.54) is 12.1 Å². The van der Waals surface area contributed by atoms with Gasteiger partial charge in [-0.25, -0.2) is 18.2 Å². The van der Waals surface area contributed by atoms with Gasteiger partial charge in [-0.2, -0.15) is 13.2 Å². The molecule has 0 saturated carbocycles. The predicted octanol–water partition coefficient (Wildman–Crippen LogP) is 3.64. The van der Waals surface area contributed by atoms with E-state index in [4.69, 9.17) is 0 Å². The normalized spacial score (nSPS) is 16.3. The number of rotatable bonds is 5. The molecule has 1 N–H and O–H groups in total. The summed E-state index contributed by atoms with van der Waals surface area (Å²) in [6, 6.07) is 8.50. The van der Waals surface area contributed by atoms with Crippen LogP contribution in [-0.2, 0) is 19.7 Å². The molecule has 182 valence electrons. The molecule has 0 radical (unpaired) electrons. The summed E-state index contributed by atoms with van der Waals surface area (Å²) >= 11 is 0. The number of sulfonamides is 1. The van der Waals surface area contributed by atoms with Crippen LogP contribution < -0.4 is 0 Å². The molecular weight excluding hydrogens is 473 g/mol. The number of aromatic amines is 1. The molecule has 1 saturated heterocycles. The summed E-state index contributed by atoms with van der Waals surface area (Å²) in [6.07, 6.45) is -3.26. The Bertz CT molecular complexity index is 1300. The number of carbonyl (C=O) groups excluding carboxylic acids is 1. The van der Waals surface area contributed by atoms with Gasteiger partial charge in [0.15, 0.2) is 0 Å². The molecule has 2 aromatic heterocycles. The number of nitrogens with one attached hydrogen (secondary N) is 1. The molecule has 3 aromatic rings. The molecule has 34 heavy (non-hydrogen) atoms. The second-order valence-corrected chi connectivity index (χ2v) is 10.1. The molecule has 1 aliphatic heterocycles. The lowest BCUT2D eigenvalue weighted by atomic mass is 10.0. The van der Waals surface area contributed by atoms with Gasteiger partial charge < -0.3 is 14.7 Å². The number of likely N-dealkylation sites (tertiary alicyclic amines) is 1. The van der Waals surface area contributed by atoms with Crippen molar-refractivity contribution in [1.29, 1.82) is 0 Å². The van der Waals surface area contributed by atoms with Crippen LogP contribution in [-0.4, -0.2) is 66.1 Å². The number of nitrogens with zero attached hydrogens (tertiary/aromatic N) is 3. The van der Waals surface area contributed by atoms with Crippen molar-refractivity contribution in [2.45, 2.75) is 36.9 Å². The van der Waals surface area contributed by atoms with Crippen LogP contribution >= 0.6 is 0 Å². The fraction of sp³-hybridized carbons (Fsp3) is 0.364. The molecule has 3 heterocycles. The number of hydroxylamine groups is 1. The lowest BCUT2D eigenvalue weighted by Gasteiger charge is -2.34. The van der Waals surface area contributed by atoms with E-state index < -0.39 is 28.2 Å². The van der Waals surface area contributed by atoms with Gasteiger partial charge in [-0.1, -0.05) is 12.1 Å². The molecule has 1 aromatic carbocycles. The SMILES string of the molecule is Cc1cc2c(-c3ccc(S(=O)(=O)N(OC(=O)C(F)(F)F)C4CCN(C)CC4)cc3)ccnc2[nH]1. The van der Waals surface area contributed by atoms with Gasteiger partial charge in [0.1, 0.15) is 5.65 Å². The van der Waals surface area contributed by atoms with Gasteiger partial charge in [0, 0.05) is 17.3 Å². The third-order valence-electron chi connectivity index (χ3n) is 5.76. The zero-order chi connectivity index (χ0) is 24.7. The van der Waals surface area contributed by atoms with Crippen LogP contribution in [0.1, 0.15) is 18.5 Å². The minimum Gasteiger partial charge on any atom is -0.345 e. The number of hydrogen-bond donors (Lipinski definition) is 1. The monoisotopic (exact) mass is 496 g/mol. The second-order valence-electron chi connectivity index (χ2n) is 8.27. The van der Waals surface area contributed by atoms with Crippen LogP contribution in [0.2, 0.25) is 0 Å². The van der Waals surface area contributed by atoms with E-state index in [9.17, 15) is 26.4 Å². The lowest BCUT2D eigenvalue weighted by Crippen LogP contribution is -2.48. The number of halogens is 3. The van der Waals surface area contributed by atoms with Gasteiger partial charge in [0.2, 0.25) is 0 Å². The molecule has 0 spiro atoms. The zero-order valence-corrected chi connectivity index (χ0v) is 19.3. The minimum absolute atomic E-state index is 0.223. The van der Waals surface area contributed by atoms with Crippen LogP contribution in [0.3, 0.4) is 0 Å². The number of H-pyrrole nitrogens is 1. The average molecular weight is 497 g/mol. The second kappa shape index (κ2) is 9.01. The Labute approximate surface area is 194 Å². The van der Waals surface area contributed by atoms with Crippen LogP contribution in [0, 0.1) is 6.92 Å². The van der Waals surface area contributed by atoms with Gasteiger partial charge in [0.25, 0.3) is 10.0 Å². The molecule has 1 fully saturated rings. The molecule has 4 rings (SSSR count). The maximum Gasteiger partial charge on any atom is 0.492 e. The van der Waals surface area contributed by atoms with Crippen molar-refractivity contribution in [3.8, 4) is 11.1 Å². The van der Waals surface area contributed by atoms with Gasteiger partial charge in [-0.15, -0.1) is 0 Å². The van der Waals surface area contributed by atoms with Crippen LogP contribution in [0.4, 0.5) is 13.2 Å². The molecule has 0 amide bonds. The number of pyridine rings is 1. The summed E-state index contributed by atoms with van der Waals surface area (Å²) < 4.78 is 65.5. The van der Waals surface area contributed by atoms with Crippen molar-refractivity contribution in [3.05, 3.63) is 48.3 Å². The molecule has 8 nitrogen and oxygen atoms in total. The van der Waals surface area contributed by atoms with Gasteiger partial charge in [-0.3, -0.25) is 0 Å². The van der Waals surface area contributed by atoms with E-state index in [1.54, 1.807) is 24.4 Å². The third kappa shape index (κ3) is 4.79. The van der Waals surface area contributed by atoms with E-state index in [0.717, 1.165) is 16.6 Å². The fourth-order valence-electron chi connectivity index (χ4n) is 3.98. The van der Waals surface area contributed by atoms with E-state index >= 15 is 0 Å². The topological polar surface area (TPSA) is 95.6 Å². The molecule has 12 heteroatoms. The van der Waals surface area contributed by atoms with Crippen molar-refractivity contribution >= 4 is 27.0 Å². The highest BCUT2D eigenvalue weighted by Crippen LogP contribution is 2.31. The number of fused-ring (bicyclic) bond motifs is 1. The predicted molar refractivity (Wildman–Crippen MR) is 118 cm³/mol. The standard InChI is InChI=1S/C22H23F3N4O4S/c1-14-13-19-18(7-10-26-20(19)27-14)15-3-5-17(6-4-15)34(31,32)29(33-21(30)22(23,24)25)16-8-11-28(2)12-9-16/h3-7,10,13,16H,8-9,11-12H2,1-2H3,(H,26,27). The highest BCUT2D eigenvalue weighted by molar-refractivity contribution is 7.89. The number of hydrogen-bond acceptors (Lipinski definition) is 6. The highest BCUT2D eigenvalue weighted by Gasteiger charge is 2.46. The smallest absolute Gasteiger partial charge is 0.345 e.